The molecule has 164 valence electrons. The number of benzene rings is 3. The Hall–Kier alpha value is -3.10. The van der Waals surface area contributed by atoms with Crippen LogP contribution in [0.3, 0.4) is 0 Å². The molecule has 1 N–H and O–H groups in total. The third-order valence-corrected chi connectivity index (χ3v) is 6.90. The van der Waals surface area contributed by atoms with E-state index in [4.69, 9.17) is 9.15 Å². The molecule has 0 aliphatic heterocycles. The van der Waals surface area contributed by atoms with Crippen LogP contribution in [0.25, 0.3) is 11.5 Å². The van der Waals surface area contributed by atoms with Crippen molar-refractivity contribution in [3.8, 4) is 17.2 Å². The number of sulfone groups is 1. The normalized spacial score (nSPS) is 11.3. The van der Waals surface area contributed by atoms with Crippen LogP contribution >= 0.6 is 15.9 Å². The maximum Gasteiger partial charge on any atom is 0.238 e. The SMILES string of the molecule is CCOc1ccc(Nc2oc(-c3ccc(Br)cc3)nc2S(=O)(=O)c2ccc(C)cc2)cc1. The van der Waals surface area contributed by atoms with Gasteiger partial charge in [0.15, 0.2) is 0 Å². The van der Waals surface area contributed by atoms with Crippen LogP contribution in [-0.2, 0) is 9.84 Å². The molecule has 8 heteroatoms. The molecule has 0 aliphatic carbocycles. The largest absolute Gasteiger partial charge is 0.494 e. The Labute approximate surface area is 195 Å². The van der Waals surface area contributed by atoms with Crippen molar-refractivity contribution in [2.75, 3.05) is 11.9 Å². The third-order valence-electron chi connectivity index (χ3n) is 4.70. The first-order valence-corrected chi connectivity index (χ1v) is 12.2. The first-order chi connectivity index (χ1) is 15.4. The lowest BCUT2D eigenvalue weighted by Crippen LogP contribution is -2.05. The Bertz CT molecular complexity index is 1310. The highest BCUT2D eigenvalue weighted by atomic mass is 79.9. The van der Waals surface area contributed by atoms with Gasteiger partial charge in [0.1, 0.15) is 5.75 Å². The van der Waals surface area contributed by atoms with Gasteiger partial charge in [0.25, 0.3) is 0 Å². The second-order valence-corrected chi connectivity index (χ2v) is 9.84. The quantitative estimate of drug-likeness (QED) is 0.309. The van der Waals surface area contributed by atoms with Crippen molar-refractivity contribution in [3.63, 3.8) is 0 Å². The Morgan fingerprint density at radius 3 is 2.25 bits per heavy atom. The number of ether oxygens (including phenoxy) is 1. The summed E-state index contributed by atoms with van der Waals surface area (Å²) in [6, 6.07) is 21.1. The maximum atomic E-state index is 13.4. The predicted octanol–water partition coefficient (Wildman–Crippen LogP) is 6.39. The average Bonchev–Trinajstić information content (AvgIpc) is 3.21. The zero-order valence-electron chi connectivity index (χ0n) is 17.5. The van der Waals surface area contributed by atoms with Crippen LogP contribution in [0.5, 0.6) is 5.75 Å². The summed E-state index contributed by atoms with van der Waals surface area (Å²) < 4.78 is 39.1. The van der Waals surface area contributed by atoms with Crippen molar-refractivity contribution in [1.29, 1.82) is 0 Å². The van der Waals surface area contributed by atoms with Gasteiger partial charge >= 0.3 is 0 Å². The molecule has 1 aromatic heterocycles. The van der Waals surface area contributed by atoms with Gasteiger partial charge in [-0.3, -0.25) is 0 Å². The number of halogens is 1. The first-order valence-electron chi connectivity index (χ1n) is 9.95. The fraction of sp³-hybridized carbons (Fsp3) is 0.125. The second kappa shape index (κ2) is 9.18. The standard InChI is InChI=1S/C24H21BrN2O4S/c1-3-30-20-12-10-19(11-13-20)26-23-24(32(28,29)21-14-4-16(2)5-15-21)27-22(31-23)17-6-8-18(25)9-7-17/h4-15,26H,3H2,1-2H3. The molecule has 0 radical (unpaired) electrons. The molecule has 4 rings (SSSR count). The topological polar surface area (TPSA) is 81.4 Å². The van der Waals surface area contributed by atoms with Crippen LogP contribution in [0.4, 0.5) is 11.6 Å². The summed E-state index contributed by atoms with van der Waals surface area (Å²) in [6.07, 6.45) is 0. The minimum Gasteiger partial charge on any atom is -0.494 e. The summed E-state index contributed by atoms with van der Waals surface area (Å²) in [7, 11) is -3.92. The fourth-order valence-electron chi connectivity index (χ4n) is 3.04. The molecule has 32 heavy (non-hydrogen) atoms. The fourth-order valence-corrected chi connectivity index (χ4v) is 4.57. The zero-order chi connectivity index (χ0) is 22.7. The molecule has 0 amide bonds. The van der Waals surface area contributed by atoms with E-state index in [1.165, 1.54) is 0 Å². The molecule has 0 atom stereocenters. The van der Waals surface area contributed by atoms with Gasteiger partial charge in [-0.25, -0.2) is 8.42 Å². The monoisotopic (exact) mass is 512 g/mol. The van der Waals surface area contributed by atoms with Gasteiger partial charge in [0.2, 0.25) is 26.6 Å². The number of aryl methyl sites for hydroxylation is 1. The summed E-state index contributed by atoms with van der Waals surface area (Å²) in [5, 5.41) is 2.88. The van der Waals surface area contributed by atoms with Gasteiger partial charge in [-0.05, 0) is 74.5 Å². The molecule has 0 spiro atoms. The van der Waals surface area contributed by atoms with Crippen molar-refractivity contribution >= 4 is 37.3 Å². The van der Waals surface area contributed by atoms with E-state index in [1.807, 2.05) is 26.0 Å². The summed E-state index contributed by atoms with van der Waals surface area (Å²) >= 11 is 3.40. The van der Waals surface area contributed by atoms with Crippen molar-refractivity contribution in [3.05, 3.63) is 82.8 Å². The lowest BCUT2D eigenvalue weighted by atomic mass is 10.2. The minimum absolute atomic E-state index is 0.0488. The number of rotatable bonds is 7. The lowest BCUT2D eigenvalue weighted by Gasteiger charge is -2.08. The molecule has 0 bridgehead atoms. The minimum atomic E-state index is -3.92. The molecular weight excluding hydrogens is 492 g/mol. The Balaban J connectivity index is 1.78. The Morgan fingerprint density at radius 1 is 0.969 bits per heavy atom. The molecular formula is C24H21BrN2O4S. The highest BCUT2D eigenvalue weighted by Crippen LogP contribution is 2.34. The van der Waals surface area contributed by atoms with Gasteiger partial charge in [-0.15, -0.1) is 0 Å². The number of hydrogen-bond acceptors (Lipinski definition) is 6. The van der Waals surface area contributed by atoms with E-state index in [9.17, 15) is 8.42 Å². The second-order valence-electron chi connectivity index (χ2n) is 7.06. The van der Waals surface area contributed by atoms with E-state index < -0.39 is 9.84 Å². The summed E-state index contributed by atoms with van der Waals surface area (Å²) in [6.45, 7) is 4.37. The van der Waals surface area contributed by atoms with Crippen LogP contribution in [0.1, 0.15) is 12.5 Å². The van der Waals surface area contributed by atoms with Crippen LogP contribution in [-0.4, -0.2) is 20.0 Å². The number of anilines is 2. The van der Waals surface area contributed by atoms with E-state index in [-0.39, 0.29) is 21.7 Å². The molecule has 6 nitrogen and oxygen atoms in total. The number of nitrogens with one attached hydrogen (secondary N) is 1. The van der Waals surface area contributed by atoms with E-state index in [1.54, 1.807) is 60.7 Å². The number of oxazole rings is 1. The van der Waals surface area contributed by atoms with Crippen molar-refractivity contribution in [2.45, 2.75) is 23.8 Å². The number of aromatic nitrogens is 1. The highest BCUT2D eigenvalue weighted by Gasteiger charge is 2.28. The summed E-state index contributed by atoms with van der Waals surface area (Å²) in [4.78, 5) is 4.51. The Kier molecular flexibility index (Phi) is 6.34. The Morgan fingerprint density at radius 2 is 1.62 bits per heavy atom. The molecule has 4 aromatic rings. The van der Waals surface area contributed by atoms with E-state index >= 15 is 0 Å². The van der Waals surface area contributed by atoms with Crippen LogP contribution in [0, 0.1) is 6.92 Å². The van der Waals surface area contributed by atoms with Crippen molar-refractivity contribution < 1.29 is 17.6 Å². The smallest absolute Gasteiger partial charge is 0.238 e. The van der Waals surface area contributed by atoms with E-state index in [0.29, 0.717) is 17.9 Å². The van der Waals surface area contributed by atoms with Crippen molar-refractivity contribution in [1.82, 2.24) is 4.98 Å². The summed E-state index contributed by atoms with van der Waals surface area (Å²) in [5.41, 5.74) is 2.27. The third kappa shape index (κ3) is 4.71. The van der Waals surface area contributed by atoms with Gasteiger partial charge in [0, 0.05) is 15.7 Å². The van der Waals surface area contributed by atoms with Gasteiger partial charge < -0.3 is 14.5 Å². The number of hydrogen-bond donors (Lipinski definition) is 1. The van der Waals surface area contributed by atoms with Crippen LogP contribution in [0.15, 0.2) is 91.6 Å². The van der Waals surface area contributed by atoms with Crippen LogP contribution < -0.4 is 10.1 Å². The molecule has 3 aromatic carbocycles. The predicted molar refractivity (Wildman–Crippen MR) is 127 cm³/mol. The first kappa shape index (κ1) is 22.1. The zero-order valence-corrected chi connectivity index (χ0v) is 19.9. The molecule has 0 saturated carbocycles. The highest BCUT2D eigenvalue weighted by molar-refractivity contribution is 9.10. The molecule has 0 saturated heterocycles. The van der Waals surface area contributed by atoms with Gasteiger partial charge in [0.05, 0.1) is 11.5 Å². The van der Waals surface area contributed by atoms with E-state index in [2.05, 4.69) is 26.2 Å². The average molecular weight is 513 g/mol. The molecule has 0 unspecified atom stereocenters. The molecule has 0 fully saturated rings. The molecule has 1 heterocycles. The van der Waals surface area contributed by atoms with Gasteiger partial charge in [-0.1, -0.05) is 33.6 Å². The number of nitrogens with zero attached hydrogens (tertiary/aromatic N) is 1. The molecule has 0 aliphatic rings. The van der Waals surface area contributed by atoms with E-state index in [0.717, 1.165) is 15.8 Å². The maximum absolute atomic E-state index is 13.4. The lowest BCUT2D eigenvalue weighted by molar-refractivity contribution is 0.340. The van der Waals surface area contributed by atoms with Gasteiger partial charge in [-0.2, -0.15) is 4.98 Å². The van der Waals surface area contributed by atoms with Crippen LogP contribution in [0.2, 0.25) is 0 Å². The summed E-state index contributed by atoms with van der Waals surface area (Å²) in [5.74, 6) is 0.975. The van der Waals surface area contributed by atoms with Crippen molar-refractivity contribution in [2.24, 2.45) is 0 Å².